The van der Waals surface area contributed by atoms with Crippen molar-refractivity contribution in [3.05, 3.63) is 71.8 Å². The molecule has 2 aromatic carbocycles. The van der Waals surface area contributed by atoms with Crippen molar-refractivity contribution >= 4 is 21.9 Å². The Morgan fingerprint density at radius 3 is 1.47 bits per heavy atom. The lowest BCUT2D eigenvalue weighted by atomic mass is 10.0. The molecule has 0 radical (unpaired) electrons. The Morgan fingerprint density at radius 1 is 0.733 bits per heavy atom. The van der Waals surface area contributed by atoms with Gasteiger partial charge in [0.2, 0.25) is 0 Å². The van der Waals surface area contributed by atoms with E-state index in [1.165, 1.54) is 0 Å². The molecule has 0 unspecified atom stereocenters. The molecule has 2 rings (SSSR count). The Bertz CT molecular complexity index is 407. The highest BCUT2D eigenvalue weighted by atomic mass is 79.9. The van der Waals surface area contributed by atoms with E-state index in [0.29, 0.717) is 0 Å². The lowest BCUT2D eigenvalue weighted by Gasteiger charge is -2.04. The summed E-state index contributed by atoms with van der Waals surface area (Å²) in [5.74, 6) is 0. The smallest absolute Gasteiger partial charge is 0.0858 e. The third-order valence-electron chi connectivity index (χ3n) is 2.18. The maximum Gasteiger partial charge on any atom is 0.0858 e. The van der Waals surface area contributed by atoms with E-state index in [-0.39, 0.29) is 0 Å². The standard InChI is InChI=1S/C13H10BrN/c14-15-13(11-7-3-1-4-8-11)12-9-5-2-6-10-12/h1-10H. The van der Waals surface area contributed by atoms with E-state index in [1.54, 1.807) is 0 Å². The number of nitrogens with zero attached hydrogens (tertiary/aromatic N) is 1. The van der Waals surface area contributed by atoms with Crippen molar-refractivity contribution in [1.82, 2.24) is 0 Å². The second kappa shape index (κ2) is 4.89. The summed E-state index contributed by atoms with van der Waals surface area (Å²) in [6.45, 7) is 0. The first kappa shape index (κ1) is 10.1. The Kier molecular flexibility index (Phi) is 3.30. The van der Waals surface area contributed by atoms with Gasteiger partial charge in [0.05, 0.1) is 21.9 Å². The molecule has 2 aromatic rings. The van der Waals surface area contributed by atoms with Gasteiger partial charge in [-0.3, -0.25) is 0 Å². The summed E-state index contributed by atoms with van der Waals surface area (Å²) < 4.78 is 4.16. The lowest BCUT2D eigenvalue weighted by molar-refractivity contribution is 1.58. The van der Waals surface area contributed by atoms with Gasteiger partial charge in [0, 0.05) is 11.1 Å². The molecular formula is C13H10BrN. The minimum Gasteiger partial charge on any atom is -0.206 e. The van der Waals surface area contributed by atoms with Gasteiger partial charge in [0.1, 0.15) is 0 Å². The number of benzene rings is 2. The van der Waals surface area contributed by atoms with Gasteiger partial charge in [-0.2, -0.15) is 0 Å². The van der Waals surface area contributed by atoms with Crippen LogP contribution in [0.15, 0.2) is 64.7 Å². The van der Waals surface area contributed by atoms with Gasteiger partial charge in [0.15, 0.2) is 0 Å². The van der Waals surface area contributed by atoms with Crippen LogP contribution in [0.25, 0.3) is 0 Å². The number of halogens is 1. The predicted octanol–water partition coefficient (Wildman–Crippen LogP) is 3.83. The summed E-state index contributed by atoms with van der Waals surface area (Å²) in [7, 11) is 0. The van der Waals surface area contributed by atoms with Gasteiger partial charge in [-0.15, -0.1) is 0 Å². The third-order valence-corrected chi connectivity index (χ3v) is 2.53. The summed E-state index contributed by atoms with van der Waals surface area (Å²) in [4.78, 5) is 0. The zero-order chi connectivity index (χ0) is 10.5. The van der Waals surface area contributed by atoms with E-state index >= 15 is 0 Å². The van der Waals surface area contributed by atoms with Crippen molar-refractivity contribution in [1.29, 1.82) is 0 Å². The summed E-state index contributed by atoms with van der Waals surface area (Å²) in [6.07, 6.45) is 0. The minimum atomic E-state index is 0.955. The first-order valence-corrected chi connectivity index (χ1v) is 5.42. The minimum absolute atomic E-state index is 0.955. The van der Waals surface area contributed by atoms with Crippen LogP contribution >= 0.6 is 16.1 Å². The van der Waals surface area contributed by atoms with Gasteiger partial charge in [-0.05, 0) is 0 Å². The lowest BCUT2D eigenvalue weighted by Crippen LogP contribution is -2.01. The van der Waals surface area contributed by atoms with E-state index in [0.717, 1.165) is 16.8 Å². The predicted molar refractivity (Wildman–Crippen MR) is 67.5 cm³/mol. The van der Waals surface area contributed by atoms with Gasteiger partial charge in [-0.25, -0.2) is 4.02 Å². The largest absolute Gasteiger partial charge is 0.206 e. The molecular weight excluding hydrogens is 250 g/mol. The van der Waals surface area contributed by atoms with Crippen molar-refractivity contribution in [3.63, 3.8) is 0 Å². The third kappa shape index (κ3) is 2.34. The van der Waals surface area contributed by atoms with E-state index in [9.17, 15) is 0 Å². The fraction of sp³-hybridized carbons (Fsp3) is 0. The molecule has 0 saturated carbocycles. The van der Waals surface area contributed by atoms with Crippen LogP contribution in [0.2, 0.25) is 0 Å². The van der Waals surface area contributed by atoms with Crippen LogP contribution in [0.3, 0.4) is 0 Å². The van der Waals surface area contributed by atoms with Gasteiger partial charge in [0.25, 0.3) is 0 Å². The highest BCUT2D eigenvalue weighted by molar-refractivity contribution is 9.08. The van der Waals surface area contributed by atoms with Crippen LogP contribution < -0.4 is 0 Å². The van der Waals surface area contributed by atoms with Gasteiger partial charge in [-0.1, -0.05) is 60.7 Å². The second-order valence-electron chi connectivity index (χ2n) is 3.17. The molecule has 0 fully saturated rings. The van der Waals surface area contributed by atoms with Gasteiger partial charge >= 0.3 is 0 Å². The Hall–Kier alpha value is -1.41. The Balaban J connectivity index is 2.44. The van der Waals surface area contributed by atoms with Crippen LogP contribution in [-0.2, 0) is 0 Å². The molecule has 15 heavy (non-hydrogen) atoms. The first-order chi connectivity index (χ1) is 7.42. The van der Waals surface area contributed by atoms with Crippen molar-refractivity contribution < 1.29 is 0 Å². The molecule has 1 nitrogen and oxygen atoms in total. The van der Waals surface area contributed by atoms with E-state index < -0.39 is 0 Å². The zero-order valence-electron chi connectivity index (χ0n) is 8.10. The molecule has 0 aliphatic rings. The maximum atomic E-state index is 4.16. The fourth-order valence-electron chi connectivity index (χ4n) is 1.46. The quantitative estimate of drug-likeness (QED) is 0.727. The summed E-state index contributed by atoms with van der Waals surface area (Å²) in [6, 6.07) is 20.2. The average Bonchev–Trinajstić information content (AvgIpc) is 2.33. The SMILES string of the molecule is BrN=C(c1ccccc1)c1ccccc1. The normalized spacial score (nSPS) is 9.67. The molecule has 0 atom stereocenters. The number of hydrogen-bond acceptors (Lipinski definition) is 1. The number of rotatable bonds is 2. The van der Waals surface area contributed by atoms with Crippen molar-refractivity contribution in [3.8, 4) is 0 Å². The fourth-order valence-corrected chi connectivity index (χ4v) is 1.87. The van der Waals surface area contributed by atoms with Crippen LogP contribution in [0.5, 0.6) is 0 Å². The molecule has 0 amide bonds. The molecule has 0 aliphatic carbocycles. The monoisotopic (exact) mass is 259 g/mol. The van der Waals surface area contributed by atoms with Crippen LogP contribution in [-0.4, -0.2) is 5.71 Å². The zero-order valence-corrected chi connectivity index (χ0v) is 9.68. The Morgan fingerprint density at radius 2 is 1.13 bits per heavy atom. The highest BCUT2D eigenvalue weighted by Crippen LogP contribution is 2.12. The van der Waals surface area contributed by atoms with E-state index in [4.69, 9.17) is 0 Å². The summed E-state index contributed by atoms with van der Waals surface area (Å²) >= 11 is 3.18. The van der Waals surface area contributed by atoms with E-state index in [1.807, 2.05) is 60.7 Å². The molecule has 0 aromatic heterocycles. The molecule has 2 heteroatoms. The highest BCUT2D eigenvalue weighted by Gasteiger charge is 2.04. The van der Waals surface area contributed by atoms with Gasteiger partial charge < -0.3 is 0 Å². The maximum absolute atomic E-state index is 4.16. The van der Waals surface area contributed by atoms with Crippen LogP contribution in [0, 0.1) is 0 Å². The molecule has 0 spiro atoms. The van der Waals surface area contributed by atoms with Crippen molar-refractivity contribution in [2.24, 2.45) is 4.02 Å². The number of hydrogen-bond donors (Lipinski definition) is 0. The summed E-state index contributed by atoms with van der Waals surface area (Å²) in [5.41, 5.74) is 3.18. The van der Waals surface area contributed by atoms with Crippen molar-refractivity contribution in [2.45, 2.75) is 0 Å². The van der Waals surface area contributed by atoms with E-state index in [2.05, 4.69) is 20.2 Å². The molecule has 0 aliphatic heterocycles. The average molecular weight is 260 g/mol. The first-order valence-electron chi connectivity index (χ1n) is 4.71. The van der Waals surface area contributed by atoms with Crippen molar-refractivity contribution in [2.75, 3.05) is 0 Å². The summed E-state index contributed by atoms with van der Waals surface area (Å²) in [5, 5.41) is 0. The topological polar surface area (TPSA) is 12.4 Å². The second-order valence-corrected chi connectivity index (χ2v) is 3.52. The van der Waals surface area contributed by atoms with Crippen LogP contribution in [0.1, 0.15) is 11.1 Å². The molecule has 0 bridgehead atoms. The molecule has 0 N–H and O–H groups in total. The Labute approximate surface area is 97.8 Å². The van der Waals surface area contributed by atoms with Crippen LogP contribution in [0.4, 0.5) is 0 Å². The molecule has 74 valence electrons. The molecule has 0 saturated heterocycles. The molecule has 0 heterocycles.